The summed E-state index contributed by atoms with van der Waals surface area (Å²) in [5.74, 6) is 2.37. The average molecular weight is 422 g/mol. The van der Waals surface area contributed by atoms with Gasteiger partial charge in [-0.3, -0.25) is 4.99 Å². The first kappa shape index (κ1) is 21.2. The highest BCUT2D eigenvalue weighted by molar-refractivity contribution is 14.0. The van der Waals surface area contributed by atoms with Gasteiger partial charge in [-0.15, -0.1) is 24.0 Å². The van der Waals surface area contributed by atoms with Crippen LogP contribution in [-0.4, -0.2) is 24.0 Å². The molecule has 1 heterocycles. The monoisotopic (exact) mass is 422 g/mol. The molecule has 2 N–H and O–H groups in total. The maximum atomic E-state index is 5.55. The molecule has 1 rings (SSSR count). The molecule has 1 atom stereocenters. The molecule has 0 aliphatic heterocycles. The number of oxazole rings is 1. The van der Waals surface area contributed by atoms with E-state index in [-0.39, 0.29) is 24.0 Å². The van der Waals surface area contributed by atoms with E-state index in [1.54, 1.807) is 7.05 Å². The van der Waals surface area contributed by atoms with Crippen LogP contribution in [0.1, 0.15) is 63.3 Å². The summed E-state index contributed by atoms with van der Waals surface area (Å²) >= 11 is 0. The van der Waals surface area contributed by atoms with E-state index in [1.165, 1.54) is 25.7 Å². The second-order valence-electron chi connectivity index (χ2n) is 5.57. The first-order valence-corrected chi connectivity index (χ1v) is 7.96. The lowest BCUT2D eigenvalue weighted by molar-refractivity contribution is 0.461. The second-order valence-corrected chi connectivity index (χ2v) is 5.57. The van der Waals surface area contributed by atoms with E-state index in [9.17, 15) is 0 Å². The summed E-state index contributed by atoms with van der Waals surface area (Å²) in [5.41, 5.74) is 0.944. The lowest BCUT2D eigenvalue weighted by Crippen LogP contribution is -2.41. The number of aliphatic imine (C=N–C) groups is 1. The van der Waals surface area contributed by atoms with Crippen LogP contribution in [0.15, 0.2) is 9.41 Å². The lowest BCUT2D eigenvalue weighted by atomic mass is 10.1. The van der Waals surface area contributed by atoms with Gasteiger partial charge in [-0.2, -0.15) is 0 Å². The molecular formula is C16H31IN4O. The molecule has 22 heavy (non-hydrogen) atoms. The number of nitrogens with one attached hydrogen (secondary N) is 2. The summed E-state index contributed by atoms with van der Waals surface area (Å²) in [5, 5.41) is 6.65. The quantitative estimate of drug-likeness (QED) is 0.288. The fraction of sp³-hybridized carbons (Fsp3) is 0.750. The Kier molecular flexibility index (Phi) is 11.3. The fourth-order valence-corrected chi connectivity index (χ4v) is 2.15. The summed E-state index contributed by atoms with van der Waals surface area (Å²) < 4.78 is 5.55. The molecule has 0 radical (unpaired) electrons. The van der Waals surface area contributed by atoms with Gasteiger partial charge in [0.05, 0.1) is 12.2 Å². The van der Waals surface area contributed by atoms with Crippen molar-refractivity contribution >= 4 is 29.9 Å². The van der Waals surface area contributed by atoms with Crippen molar-refractivity contribution in [2.24, 2.45) is 4.99 Å². The fourth-order valence-electron chi connectivity index (χ4n) is 2.15. The summed E-state index contributed by atoms with van der Waals surface area (Å²) in [7, 11) is 1.78. The third-order valence-corrected chi connectivity index (χ3v) is 3.58. The molecule has 1 aromatic heterocycles. The topological polar surface area (TPSA) is 62.5 Å². The van der Waals surface area contributed by atoms with E-state index in [1.807, 2.05) is 13.8 Å². The average Bonchev–Trinajstić information content (AvgIpc) is 2.78. The minimum atomic E-state index is 0. The van der Waals surface area contributed by atoms with Gasteiger partial charge in [0.25, 0.3) is 0 Å². The number of unbranched alkanes of at least 4 members (excludes halogenated alkanes) is 3. The Bertz CT molecular complexity index is 426. The summed E-state index contributed by atoms with van der Waals surface area (Å²) in [4.78, 5) is 8.60. The zero-order valence-electron chi connectivity index (χ0n) is 14.5. The molecule has 5 nitrogen and oxygen atoms in total. The number of hydrogen-bond acceptors (Lipinski definition) is 3. The number of rotatable bonds is 8. The van der Waals surface area contributed by atoms with Gasteiger partial charge in [0.15, 0.2) is 5.96 Å². The van der Waals surface area contributed by atoms with E-state index < -0.39 is 0 Å². The summed E-state index contributed by atoms with van der Waals surface area (Å²) in [6, 6.07) is 0.418. The zero-order chi connectivity index (χ0) is 15.7. The first-order valence-electron chi connectivity index (χ1n) is 7.96. The summed E-state index contributed by atoms with van der Waals surface area (Å²) in [6.07, 6.45) is 6.33. The van der Waals surface area contributed by atoms with Crippen molar-refractivity contribution in [2.75, 3.05) is 7.05 Å². The van der Waals surface area contributed by atoms with Crippen molar-refractivity contribution in [3.8, 4) is 0 Å². The van der Waals surface area contributed by atoms with Crippen LogP contribution < -0.4 is 10.6 Å². The number of aryl methyl sites for hydroxylation is 2. The van der Waals surface area contributed by atoms with Crippen LogP contribution in [0.3, 0.4) is 0 Å². The molecule has 0 spiro atoms. The van der Waals surface area contributed by atoms with Gasteiger partial charge in [-0.25, -0.2) is 4.98 Å². The zero-order valence-corrected chi connectivity index (χ0v) is 16.9. The molecule has 0 fully saturated rings. The van der Waals surface area contributed by atoms with Crippen LogP contribution in [0, 0.1) is 13.8 Å². The SMILES string of the molecule is CCCCCCC(C)NC(=NC)NCc1nc(C)c(C)o1.I. The highest BCUT2D eigenvalue weighted by Gasteiger charge is 2.08. The van der Waals surface area contributed by atoms with Crippen LogP contribution in [0.5, 0.6) is 0 Å². The van der Waals surface area contributed by atoms with Crippen molar-refractivity contribution in [3.05, 3.63) is 17.3 Å². The standard InChI is InChI=1S/C16H30N4O.HI/c1-6-7-8-9-10-12(2)19-16(17-5)18-11-15-20-13(3)14(4)21-15;/h12H,6-11H2,1-5H3,(H2,17,18,19);1H. The molecule has 0 aromatic carbocycles. The van der Waals surface area contributed by atoms with Crippen LogP contribution >= 0.6 is 24.0 Å². The summed E-state index contributed by atoms with van der Waals surface area (Å²) in [6.45, 7) is 8.86. The van der Waals surface area contributed by atoms with Gasteiger partial charge < -0.3 is 15.1 Å². The van der Waals surface area contributed by atoms with Gasteiger partial charge in [0, 0.05) is 13.1 Å². The predicted octanol–water partition coefficient (Wildman–Crippen LogP) is 3.93. The number of nitrogens with zero attached hydrogens (tertiary/aromatic N) is 2. The third kappa shape index (κ3) is 8.00. The smallest absolute Gasteiger partial charge is 0.214 e. The van der Waals surface area contributed by atoms with Gasteiger partial charge in [0.2, 0.25) is 5.89 Å². The van der Waals surface area contributed by atoms with E-state index in [0.717, 1.165) is 23.8 Å². The molecule has 128 valence electrons. The Morgan fingerprint density at radius 2 is 2.00 bits per heavy atom. The Hall–Kier alpha value is -0.790. The maximum absolute atomic E-state index is 5.55. The lowest BCUT2D eigenvalue weighted by Gasteiger charge is -2.17. The molecule has 0 aliphatic carbocycles. The van der Waals surface area contributed by atoms with Gasteiger partial charge >= 0.3 is 0 Å². The van der Waals surface area contributed by atoms with Crippen LogP contribution in [0.2, 0.25) is 0 Å². The van der Waals surface area contributed by atoms with Gasteiger partial charge in [-0.1, -0.05) is 32.6 Å². The Morgan fingerprint density at radius 1 is 1.27 bits per heavy atom. The molecule has 0 aliphatic rings. The number of hydrogen-bond donors (Lipinski definition) is 2. The van der Waals surface area contributed by atoms with Crippen molar-refractivity contribution in [1.82, 2.24) is 15.6 Å². The molecule has 0 saturated heterocycles. The normalized spacial score (nSPS) is 12.7. The van der Waals surface area contributed by atoms with Crippen molar-refractivity contribution in [2.45, 2.75) is 72.4 Å². The number of guanidine groups is 1. The number of halogens is 1. The highest BCUT2D eigenvalue weighted by atomic mass is 127. The Balaban J connectivity index is 0.00000441. The minimum absolute atomic E-state index is 0. The second kappa shape index (κ2) is 11.7. The molecule has 0 bridgehead atoms. The largest absolute Gasteiger partial charge is 0.444 e. The van der Waals surface area contributed by atoms with E-state index in [0.29, 0.717) is 18.5 Å². The van der Waals surface area contributed by atoms with Crippen LogP contribution in [0.25, 0.3) is 0 Å². The van der Waals surface area contributed by atoms with E-state index >= 15 is 0 Å². The molecule has 1 aromatic rings. The van der Waals surface area contributed by atoms with Crippen LogP contribution in [0.4, 0.5) is 0 Å². The van der Waals surface area contributed by atoms with Crippen molar-refractivity contribution in [1.29, 1.82) is 0 Å². The Labute approximate surface area is 151 Å². The van der Waals surface area contributed by atoms with Gasteiger partial charge in [0.1, 0.15) is 5.76 Å². The van der Waals surface area contributed by atoms with Crippen LogP contribution in [-0.2, 0) is 6.54 Å². The van der Waals surface area contributed by atoms with Crippen molar-refractivity contribution < 1.29 is 4.42 Å². The predicted molar refractivity (Wildman–Crippen MR) is 103 cm³/mol. The molecule has 6 heteroatoms. The molecule has 0 amide bonds. The van der Waals surface area contributed by atoms with Crippen molar-refractivity contribution in [3.63, 3.8) is 0 Å². The van der Waals surface area contributed by atoms with E-state index in [2.05, 4.69) is 34.5 Å². The molecule has 1 unspecified atom stereocenters. The van der Waals surface area contributed by atoms with Gasteiger partial charge in [-0.05, 0) is 27.2 Å². The minimum Gasteiger partial charge on any atom is -0.444 e. The third-order valence-electron chi connectivity index (χ3n) is 3.58. The highest BCUT2D eigenvalue weighted by Crippen LogP contribution is 2.08. The number of aromatic nitrogens is 1. The Morgan fingerprint density at radius 3 is 2.55 bits per heavy atom. The molecular weight excluding hydrogens is 391 g/mol. The van der Waals surface area contributed by atoms with E-state index in [4.69, 9.17) is 4.42 Å². The molecule has 0 saturated carbocycles. The first-order chi connectivity index (χ1) is 10.1. The maximum Gasteiger partial charge on any atom is 0.214 e.